The number of halogens is 1. The largest absolute Gasteiger partial charge is 0.321 e. The zero-order valence-corrected chi connectivity index (χ0v) is 11.5. The molecule has 0 unspecified atom stereocenters. The van der Waals surface area contributed by atoms with E-state index >= 15 is 0 Å². The highest BCUT2D eigenvalue weighted by atomic mass is 35.5. The molecule has 0 aromatic heterocycles. The molecule has 1 saturated carbocycles. The van der Waals surface area contributed by atoms with Crippen LogP contribution >= 0.6 is 23.4 Å². The fourth-order valence-corrected chi connectivity index (χ4v) is 4.04. The van der Waals surface area contributed by atoms with E-state index in [9.17, 15) is 0 Å². The van der Waals surface area contributed by atoms with Crippen LogP contribution in [0.3, 0.4) is 0 Å². The summed E-state index contributed by atoms with van der Waals surface area (Å²) in [6, 6.07) is 6.51. The van der Waals surface area contributed by atoms with Gasteiger partial charge in [-0.1, -0.05) is 23.7 Å². The van der Waals surface area contributed by atoms with Crippen LogP contribution in [-0.4, -0.2) is 11.5 Å². The predicted octanol–water partition coefficient (Wildman–Crippen LogP) is 3.90. The molecule has 1 aromatic rings. The van der Waals surface area contributed by atoms with E-state index in [1.807, 2.05) is 0 Å². The maximum absolute atomic E-state index is 6.43. The molecule has 0 atom stereocenters. The van der Waals surface area contributed by atoms with Crippen molar-refractivity contribution in [3.63, 3.8) is 0 Å². The van der Waals surface area contributed by atoms with Crippen molar-refractivity contribution in [2.75, 3.05) is 11.5 Å². The topological polar surface area (TPSA) is 26.0 Å². The summed E-state index contributed by atoms with van der Waals surface area (Å²) in [5.74, 6) is 3.19. The van der Waals surface area contributed by atoms with E-state index in [4.69, 9.17) is 17.3 Å². The minimum Gasteiger partial charge on any atom is -0.321 e. The van der Waals surface area contributed by atoms with Crippen LogP contribution in [0.25, 0.3) is 0 Å². The van der Waals surface area contributed by atoms with Gasteiger partial charge in [-0.2, -0.15) is 11.8 Å². The third-order valence-electron chi connectivity index (χ3n) is 4.03. The summed E-state index contributed by atoms with van der Waals surface area (Å²) in [6.07, 6.45) is 4.72. The number of hydrogen-bond donors (Lipinski definition) is 1. The van der Waals surface area contributed by atoms with E-state index in [0.717, 1.165) is 17.9 Å². The van der Waals surface area contributed by atoms with Crippen molar-refractivity contribution in [3.8, 4) is 0 Å². The van der Waals surface area contributed by atoms with Crippen LogP contribution in [0.1, 0.15) is 42.7 Å². The Morgan fingerprint density at radius 1 is 1.24 bits per heavy atom. The summed E-state index contributed by atoms with van der Waals surface area (Å²) in [4.78, 5) is 0. The minimum absolute atomic E-state index is 0.0649. The van der Waals surface area contributed by atoms with Crippen molar-refractivity contribution in [2.45, 2.75) is 37.1 Å². The lowest BCUT2D eigenvalue weighted by molar-refractivity contribution is 0.636. The predicted molar refractivity (Wildman–Crippen MR) is 75.9 cm³/mol. The number of nitrogens with two attached hydrogens (primary N) is 1. The molecule has 1 heterocycles. The van der Waals surface area contributed by atoms with E-state index in [1.165, 1.54) is 35.5 Å². The molecule has 1 nitrogen and oxygen atoms in total. The molecule has 0 spiro atoms. The summed E-state index contributed by atoms with van der Waals surface area (Å²) in [7, 11) is 0. The Kier molecular flexibility index (Phi) is 3.14. The smallest absolute Gasteiger partial charge is 0.0444 e. The molecule has 2 N–H and O–H groups in total. The molecule has 1 aromatic carbocycles. The molecule has 0 radical (unpaired) electrons. The number of benzene rings is 1. The van der Waals surface area contributed by atoms with E-state index in [1.54, 1.807) is 0 Å². The third kappa shape index (κ3) is 2.35. The highest BCUT2D eigenvalue weighted by Gasteiger charge is 2.40. The van der Waals surface area contributed by atoms with Crippen molar-refractivity contribution >= 4 is 23.4 Å². The van der Waals surface area contributed by atoms with Crippen molar-refractivity contribution in [2.24, 2.45) is 5.73 Å². The summed E-state index contributed by atoms with van der Waals surface area (Å²) < 4.78 is 0. The van der Waals surface area contributed by atoms with Gasteiger partial charge in [-0.25, -0.2) is 0 Å². The number of rotatable bonds is 2. The molecule has 2 aliphatic rings. The van der Waals surface area contributed by atoms with Crippen LogP contribution in [0.2, 0.25) is 5.02 Å². The van der Waals surface area contributed by atoms with Crippen molar-refractivity contribution < 1.29 is 0 Å². The minimum atomic E-state index is -0.0649. The molecule has 1 aliphatic carbocycles. The number of thioether (sulfide) groups is 1. The molecular weight excluding hydrogens is 250 g/mol. The fraction of sp³-hybridized carbons (Fsp3) is 0.571. The first-order valence-corrected chi connectivity index (χ1v) is 7.89. The maximum Gasteiger partial charge on any atom is 0.0444 e. The molecule has 92 valence electrons. The Morgan fingerprint density at radius 2 is 1.94 bits per heavy atom. The zero-order chi connectivity index (χ0) is 11.9. The Balaban J connectivity index is 1.85. The second-order valence-corrected chi connectivity index (χ2v) is 6.91. The average molecular weight is 268 g/mol. The van der Waals surface area contributed by atoms with Crippen LogP contribution in [0.4, 0.5) is 0 Å². The fourth-order valence-electron chi connectivity index (χ4n) is 2.60. The van der Waals surface area contributed by atoms with Crippen molar-refractivity contribution in [1.82, 2.24) is 0 Å². The van der Waals surface area contributed by atoms with Gasteiger partial charge in [-0.05, 0) is 60.3 Å². The van der Waals surface area contributed by atoms with Crippen LogP contribution in [0.15, 0.2) is 18.2 Å². The molecule has 3 heteroatoms. The number of hydrogen-bond acceptors (Lipinski definition) is 2. The van der Waals surface area contributed by atoms with Gasteiger partial charge < -0.3 is 5.73 Å². The molecule has 1 aliphatic heterocycles. The highest BCUT2D eigenvalue weighted by molar-refractivity contribution is 7.99. The first-order valence-electron chi connectivity index (χ1n) is 6.36. The maximum atomic E-state index is 6.43. The molecule has 3 rings (SSSR count). The molecule has 0 amide bonds. The SMILES string of the molecule is NC1(c2ccc(C3CCSCC3)c(Cl)c2)CC1. The summed E-state index contributed by atoms with van der Waals surface area (Å²) in [5.41, 5.74) is 8.69. The van der Waals surface area contributed by atoms with Crippen LogP contribution in [-0.2, 0) is 5.54 Å². The standard InChI is InChI=1S/C14H18ClNS/c15-13-9-11(14(16)5-6-14)1-2-12(13)10-3-7-17-8-4-10/h1-2,9-10H,3-8,16H2. The average Bonchev–Trinajstić information content (AvgIpc) is 3.10. The van der Waals surface area contributed by atoms with Gasteiger partial charge in [0.15, 0.2) is 0 Å². The van der Waals surface area contributed by atoms with Gasteiger partial charge >= 0.3 is 0 Å². The van der Waals surface area contributed by atoms with Crippen molar-refractivity contribution in [3.05, 3.63) is 34.3 Å². The van der Waals surface area contributed by atoms with Gasteiger partial charge in [0.25, 0.3) is 0 Å². The van der Waals surface area contributed by atoms with Crippen LogP contribution in [0.5, 0.6) is 0 Å². The Labute approximate surface area is 112 Å². The molecule has 1 saturated heterocycles. The van der Waals surface area contributed by atoms with Crippen LogP contribution < -0.4 is 5.73 Å². The van der Waals surface area contributed by atoms with Crippen LogP contribution in [0, 0.1) is 0 Å². The van der Waals surface area contributed by atoms with Gasteiger partial charge in [0.2, 0.25) is 0 Å². The first-order chi connectivity index (χ1) is 8.19. The Morgan fingerprint density at radius 3 is 2.53 bits per heavy atom. The molecular formula is C14H18ClNS. The van der Waals surface area contributed by atoms with Gasteiger partial charge in [0, 0.05) is 10.6 Å². The van der Waals surface area contributed by atoms with E-state index in [-0.39, 0.29) is 5.54 Å². The first kappa shape index (κ1) is 11.9. The van der Waals surface area contributed by atoms with Gasteiger partial charge in [-0.3, -0.25) is 0 Å². The van der Waals surface area contributed by atoms with Gasteiger partial charge in [0.1, 0.15) is 0 Å². The highest BCUT2D eigenvalue weighted by Crippen LogP contribution is 2.44. The Bertz CT molecular complexity index is 422. The summed E-state index contributed by atoms with van der Waals surface area (Å²) in [5, 5.41) is 0.927. The lowest BCUT2D eigenvalue weighted by Gasteiger charge is -2.23. The monoisotopic (exact) mass is 267 g/mol. The second kappa shape index (κ2) is 4.49. The molecule has 2 fully saturated rings. The van der Waals surface area contributed by atoms with Gasteiger partial charge in [0.05, 0.1) is 0 Å². The quantitative estimate of drug-likeness (QED) is 0.880. The zero-order valence-electron chi connectivity index (χ0n) is 9.92. The lowest BCUT2D eigenvalue weighted by Crippen LogP contribution is -2.19. The normalized spacial score (nSPS) is 23.6. The van der Waals surface area contributed by atoms with Gasteiger partial charge in [-0.15, -0.1) is 0 Å². The summed E-state index contributed by atoms with van der Waals surface area (Å²) in [6.45, 7) is 0. The third-order valence-corrected chi connectivity index (χ3v) is 5.40. The van der Waals surface area contributed by atoms with Crippen molar-refractivity contribution in [1.29, 1.82) is 0 Å². The summed E-state index contributed by atoms with van der Waals surface area (Å²) >= 11 is 8.49. The van der Waals surface area contributed by atoms with E-state index < -0.39 is 0 Å². The Hall–Kier alpha value is -0.180. The lowest BCUT2D eigenvalue weighted by atomic mass is 9.91. The van der Waals surface area contributed by atoms with E-state index in [2.05, 4.69) is 30.0 Å². The van der Waals surface area contributed by atoms with E-state index in [0.29, 0.717) is 5.92 Å². The second-order valence-electron chi connectivity index (χ2n) is 5.28. The molecule has 0 bridgehead atoms. The molecule has 17 heavy (non-hydrogen) atoms.